The van der Waals surface area contributed by atoms with Gasteiger partial charge in [0, 0.05) is 32.3 Å². The summed E-state index contributed by atoms with van der Waals surface area (Å²) in [6, 6.07) is 14.5. The lowest BCUT2D eigenvalue weighted by molar-refractivity contribution is -0.110. The summed E-state index contributed by atoms with van der Waals surface area (Å²) in [4.78, 5) is 31.3. The number of benzene rings is 2. The van der Waals surface area contributed by atoms with Crippen molar-refractivity contribution in [3.05, 3.63) is 64.0 Å². The fourth-order valence-electron chi connectivity index (χ4n) is 2.87. The van der Waals surface area contributed by atoms with Crippen LogP contribution in [0.1, 0.15) is 6.92 Å². The first-order valence-corrected chi connectivity index (χ1v) is 9.98. The van der Waals surface area contributed by atoms with E-state index in [0.29, 0.717) is 16.3 Å². The molecule has 0 aliphatic carbocycles. The van der Waals surface area contributed by atoms with Gasteiger partial charge in [-0.15, -0.1) is 4.99 Å². The maximum Gasteiger partial charge on any atom is 0.275 e. The van der Waals surface area contributed by atoms with Gasteiger partial charge in [0.25, 0.3) is 11.9 Å². The molecule has 0 fully saturated rings. The van der Waals surface area contributed by atoms with Crippen molar-refractivity contribution in [2.75, 3.05) is 5.32 Å². The van der Waals surface area contributed by atoms with E-state index < -0.39 is 5.91 Å². The van der Waals surface area contributed by atoms with Crippen LogP contribution in [0, 0.1) is 11.5 Å². The molecule has 0 saturated carbocycles. The minimum Gasteiger partial charge on any atom is -0.321 e. The van der Waals surface area contributed by atoms with Gasteiger partial charge < -0.3 is 5.32 Å². The van der Waals surface area contributed by atoms with Crippen molar-refractivity contribution >= 4 is 64.2 Å². The quantitative estimate of drug-likeness (QED) is 0.689. The van der Waals surface area contributed by atoms with Crippen molar-refractivity contribution < 1.29 is 4.79 Å². The van der Waals surface area contributed by atoms with Crippen LogP contribution in [0.5, 0.6) is 0 Å². The Hall–Kier alpha value is -3.54. The number of amides is 1. The normalized spacial score (nSPS) is 18.9. The molecule has 7 nitrogen and oxygen atoms in total. The number of nitrogens with zero attached hydrogens (tertiary/aromatic N) is 5. The summed E-state index contributed by atoms with van der Waals surface area (Å²) in [6.07, 6.45) is 3.13. The molecule has 0 radical (unpaired) electrons. The Balaban J connectivity index is 1.77. The van der Waals surface area contributed by atoms with Gasteiger partial charge in [0.1, 0.15) is 5.71 Å². The fraction of sp³-hybridized carbons (Fsp3) is 0.0476. The zero-order valence-corrected chi connectivity index (χ0v) is 17.2. The number of para-hydroxylation sites is 1. The molecular formula is C21H13ClN6OS. The Morgan fingerprint density at radius 2 is 2.03 bits per heavy atom. The summed E-state index contributed by atoms with van der Waals surface area (Å²) in [5.74, 6) is -0.558. The number of allylic oxidation sites excluding steroid dienone is 1. The van der Waals surface area contributed by atoms with Crippen LogP contribution in [0.15, 0.2) is 83.9 Å². The van der Waals surface area contributed by atoms with E-state index in [4.69, 9.17) is 16.9 Å². The number of carbonyl (C=O) groups excluding carboxylic acids is 1. The first kappa shape index (κ1) is 19.8. The average molecular weight is 433 g/mol. The highest BCUT2D eigenvalue weighted by Gasteiger charge is 2.27. The van der Waals surface area contributed by atoms with Gasteiger partial charge in [0.05, 0.1) is 11.4 Å². The third kappa shape index (κ3) is 4.08. The van der Waals surface area contributed by atoms with Crippen LogP contribution >= 0.6 is 23.4 Å². The van der Waals surface area contributed by atoms with E-state index in [9.17, 15) is 4.79 Å². The number of fused-ring (bicyclic) bond motifs is 1. The highest BCUT2D eigenvalue weighted by Crippen LogP contribution is 2.41. The second-order valence-electron chi connectivity index (χ2n) is 6.20. The molecule has 1 N–H and O–H groups in total. The molecule has 9 heteroatoms. The Kier molecular flexibility index (Phi) is 5.57. The van der Waals surface area contributed by atoms with Crippen LogP contribution < -0.4 is 5.32 Å². The topological polar surface area (TPSA) is 102 Å². The third-order valence-electron chi connectivity index (χ3n) is 4.16. The van der Waals surface area contributed by atoms with E-state index in [-0.39, 0.29) is 11.7 Å². The van der Waals surface area contributed by atoms with E-state index in [1.165, 1.54) is 18.0 Å². The summed E-state index contributed by atoms with van der Waals surface area (Å²) < 4.78 is 0. The summed E-state index contributed by atoms with van der Waals surface area (Å²) in [7, 11) is 0. The summed E-state index contributed by atoms with van der Waals surface area (Å²) >= 11 is 7.50. The standard InChI is InChI=1S/C21H13ClN6OS/c1-12-19(30-17-8-3-2-7-16(17)26-12)15-10-24-21(25-11-23)28-18(15)20(29)27-14-6-4-5-13(22)9-14/h2-10H,1H3,(H,27,29). The van der Waals surface area contributed by atoms with Gasteiger partial charge in [-0.3, -0.25) is 9.79 Å². The lowest BCUT2D eigenvalue weighted by Crippen LogP contribution is -2.29. The molecule has 146 valence electrons. The molecule has 0 saturated heterocycles. The van der Waals surface area contributed by atoms with Crippen molar-refractivity contribution in [2.45, 2.75) is 11.8 Å². The van der Waals surface area contributed by atoms with Crippen LogP contribution in [-0.2, 0) is 4.79 Å². The smallest absolute Gasteiger partial charge is 0.275 e. The number of rotatable bonds is 2. The molecule has 1 amide bonds. The van der Waals surface area contributed by atoms with Gasteiger partial charge in [-0.1, -0.05) is 41.6 Å². The first-order chi connectivity index (χ1) is 14.5. The Morgan fingerprint density at radius 1 is 1.20 bits per heavy atom. The van der Waals surface area contributed by atoms with Crippen LogP contribution in [0.2, 0.25) is 5.02 Å². The zero-order chi connectivity index (χ0) is 21.1. The highest BCUT2D eigenvalue weighted by atomic mass is 35.5. The molecule has 0 unspecified atom stereocenters. The molecule has 0 spiro atoms. The molecule has 2 aromatic rings. The lowest BCUT2D eigenvalue weighted by Gasteiger charge is -2.20. The van der Waals surface area contributed by atoms with E-state index >= 15 is 0 Å². The van der Waals surface area contributed by atoms with Crippen LogP contribution in [0.4, 0.5) is 11.4 Å². The van der Waals surface area contributed by atoms with Crippen LogP contribution in [-0.4, -0.2) is 29.5 Å². The first-order valence-electron chi connectivity index (χ1n) is 8.79. The molecule has 0 aromatic heterocycles. The second-order valence-corrected chi connectivity index (χ2v) is 7.69. The average Bonchev–Trinajstić information content (AvgIpc) is 2.73. The van der Waals surface area contributed by atoms with Gasteiger partial charge >= 0.3 is 0 Å². The van der Waals surface area contributed by atoms with Crippen molar-refractivity contribution in [3.8, 4) is 6.19 Å². The molecule has 2 aliphatic rings. The molecule has 2 aromatic carbocycles. The molecule has 0 bridgehead atoms. The van der Waals surface area contributed by atoms with Crippen LogP contribution in [0.3, 0.4) is 0 Å². The molecule has 4 rings (SSSR count). The fourth-order valence-corrected chi connectivity index (χ4v) is 4.10. The minimum absolute atomic E-state index is 0.0890. The molecule has 2 aliphatic heterocycles. The molecular weight excluding hydrogens is 420 g/mol. The maximum absolute atomic E-state index is 13.1. The van der Waals surface area contributed by atoms with E-state index in [0.717, 1.165) is 21.2 Å². The number of hydrogen-bond acceptors (Lipinski definition) is 5. The number of aliphatic imine (C=N–C) groups is 4. The Bertz CT molecular complexity index is 1250. The van der Waals surface area contributed by atoms with E-state index in [1.807, 2.05) is 31.2 Å². The summed E-state index contributed by atoms with van der Waals surface area (Å²) in [5.41, 5.74) is 2.73. The number of nitrogens with one attached hydrogen (secondary N) is 1. The number of nitriles is 1. The third-order valence-corrected chi connectivity index (χ3v) is 5.68. The van der Waals surface area contributed by atoms with Crippen molar-refractivity contribution in [3.63, 3.8) is 0 Å². The zero-order valence-electron chi connectivity index (χ0n) is 15.6. The molecule has 0 atom stereocenters. The van der Waals surface area contributed by atoms with Crippen molar-refractivity contribution in [1.29, 1.82) is 5.26 Å². The van der Waals surface area contributed by atoms with Gasteiger partial charge in [-0.05, 0) is 37.3 Å². The monoisotopic (exact) mass is 432 g/mol. The predicted molar refractivity (Wildman–Crippen MR) is 121 cm³/mol. The van der Waals surface area contributed by atoms with Gasteiger partial charge in [-0.25, -0.2) is 9.98 Å². The molecule has 30 heavy (non-hydrogen) atoms. The van der Waals surface area contributed by atoms with E-state index in [1.54, 1.807) is 30.5 Å². The predicted octanol–water partition coefficient (Wildman–Crippen LogP) is 4.79. The number of guanidine groups is 1. The Morgan fingerprint density at radius 3 is 2.83 bits per heavy atom. The number of hydrogen-bond donors (Lipinski definition) is 1. The maximum atomic E-state index is 13.1. The molecule has 2 heterocycles. The number of halogens is 1. The van der Waals surface area contributed by atoms with Crippen molar-refractivity contribution in [2.24, 2.45) is 20.0 Å². The SMILES string of the molecule is CC1=Nc2ccccc2SC1=C1C=NC(=NC#N)N=C1C(=O)Nc1cccc(Cl)c1. The number of anilines is 1. The minimum atomic E-state index is -0.469. The largest absolute Gasteiger partial charge is 0.321 e. The summed E-state index contributed by atoms with van der Waals surface area (Å²) in [5, 5.41) is 12.1. The lowest BCUT2D eigenvalue weighted by atomic mass is 10.1. The van der Waals surface area contributed by atoms with Gasteiger partial charge in [0.15, 0.2) is 0 Å². The Labute approximate surface area is 181 Å². The second kappa shape index (κ2) is 8.45. The van der Waals surface area contributed by atoms with Gasteiger partial charge in [-0.2, -0.15) is 5.26 Å². The van der Waals surface area contributed by atoms with Crippen molar-refractivity contribution in [1.82, 2.24) is 0 Å². The summed E-state index contributed by atoms with van der Waals surface area (Å²) in [6.45, 7) is 1.87. The van der Waals surface area contributed by atoms with E-state index in [2.05, 4.69) is 25.3 Å². The van der Waals surface area contributed by atoms with Gasteiger partial charge in [0.2, 0.25) is 6.19 Å². The number of carbonyl (C=O) groups is 1. The highest BCUT2D eigenvalue weighted by molar-refractivity contribution is 8.04. The number of thioether (sulfide) groups is 1. The van der Waals surface area contributed by atoms with Crippen LogP contribution in [0.25, 0.3) is 0 Å².